The lowest BCUT2D eigenvalue weighted by molar-refractivity contribution is -0.121. The minimum absolute atomic E-state index is 0.000139. The van der Waals surface area contributed by atoms with Crippen LogP contribution in [0.5, 0.6) is 0 Å². The highest BCUT2D eigenvalue weighted by Gasteiger charge is 2.19. The van der Waals surface area contributed by atoms with E-state index in [0.29, 0.717) is 19.5 Å². The number of hydrogen-bond donors (Lipinski definition) is 2. The molecule has 2 aromatic heterocycles. The van der Waals surface area contributed by atoms with Crippen molar-refractivity contribution in [2.75, 3.05) is 19.6 Å². The molecule has 0 saturated carbocycles. The minimum Gasteiger partial charge on any atom is -0.355 e. The normalized spacial score (nSPS) is 13.9. The van der Waals surface area contributed by atoms with Crippen LogP contribution in [-0.4, -0.2) is 35.1 Å². The topological polar surface area (TPSA) is 76.0 Å². The summed E-state index contributed by atoms with van der Waals surface area (Å²) in [5.74, 6) is -0.0350. The number of nitrogens with zero attached hydrogens (tertiary/aromatic N) is 2. The molecule has 1 amide bonds. The highest BCUT2D eigenvalue weighted by molar-refractivity contribution is 7.18. The van der Waals surface area contributed by atoms with Crippen molar-refractivity contribution in [3.8, 4) is 0 Å². The summed E-state index contributed by atoms with van der Waals surface area (Å²) in [5.41, 5.74) is 1.20. The summed E-state index contributed by atoms with van der Waals surface area (Å²) in [4.78, 5) is 31.2. The highest BCUT2D eigenvalue weighted by Crippen LogP contribution is 2.33. The van der Waals surface area contributed by atoms with Crippen molar-refractivity contribution in [2.24, 2.45) is 0 Å². The molecule has 1 aliphatic carbocycles. The molecule has 3 rings (SSSR count). The van der Waals surface area contributed by atoms with Gasteiger partial charge in [0, 0.05) is 30.9 Å². The fourth-order valence-electron chi connectivity index (χ4n) is 3.12. The van der Waals surface area contributed by atoms with Crippen LogP contribution < -0.4 is 16.2 Å². The van der Waals surface area contributed by atoms with E-state index < -0.39 is 0 Å². The first kappa shape index (κ1) is 17.1. The summed E-state index contributed by atoms with van der Waals surface area (Å²) >= 11 is 1.65. The molecule has 0 bridgehead atoms. The van der Waals surface area contributed by atoms with Gasteiger partial charge in [0.2, 0.25) is 5.91 Å². The number of aromatic nitrogens is 2. The summed E-state index contributed by atoms with van der Waals surface area (Å²) in [6.45, 7) is 4.66. The second-order valence-electron chi connectivity index (χ2n) is 6.09. The van der Waals surface area contributed by atoms with Gasteiger partial charge in [0.05, 0.1) is 11.7 Å². The number of aryl methyl sites for hydroxylation is 3. The van der Waals surface area contributed by atoms with Gasteiger partial charge in [0.25, 0.3) is 5.56 Å². The Balaban J connectivity index is 1.68. The van der Waals surface area contributed by atoms with Crippen LogP contribution in [0.3, 0.4) is 0 Å². The van der Waals surface area contributed by atoms with Crippen LogP contribution in [0.1, 0.15) is 36.6 Å². The molecule has 7 heteroatoms. The van der Waals surface area contributed by atoms with Crippen LogP contribution in [0.25, 0.3) is 10.2 Å². The van der Waals surface area contributed by atoms with Gasteiger partial charge in [-0.25, -0.2) is 4.98 Å². The molecule has 130 valence electrons. The van der Waals surface area contributed by atoms with E-state index in [4.69, 9.17) is 0 Å². The van der Waals surface area contributed by atoms with E-state index in [1.165, 1.54) is 16.9 Å². The zero-order valence-corrected chi connectivity index (χ0v) is 14.9. The molecule has 24 heavy (non-hydrogen) atoms. The third-order valence-electron chi connectivity index (χ3n) is 4.40. The van der Waals surface area contributed by atoms with Crippen molar-refractivity contribution >= 4 is 27.5 Å². The van der Waals surface area contributed by atoms with Gasteiger partial charge in [-0.1, -0.05) is 6.92 Å². The maximum atomic E-state index is 12.8. The number of carbonyl (C=O) groups is 1. The van der Waals surface area contributed by atoms with Gasteiger partial charge in [-0.3, -0.25) is 14.2 Å². The molecule has 6 nitrogen and oxygen atoms in total. The molecule has 0 aromatic carbocycles. The Morgan fingerprint density at radius 2 is 2.17 bits per heavy atom. The molecular formula is C17H24N4O2S. The first-order valence-electron chi connectivity index (χ1n) is 8.67. The second kappa shape index (κ2) is 7.90. The van der Waals surface area contributed by atoms with Gasteiger partial charge in [-0.05, 0) is 37.8 Å². The molecule has 2 N–H and O–H groups in total. The van der Waals surface area contributed by atoms with Crippen LogP contribution >= 0.6 is 11.3 Å². The molecule has 0 saturated heterocycles. The van der Waals surface area contributed by atoms with Gasteiger partial charge >= 0.3 is 0 Å². The van der Waals surface area contributed by atoms with E-state index >= 15 is 0 Å². The van der Waals surface area contributed by atoms with Crippen LogP contribution in [0.4, 0.5) is 0 Å². The van der Waals surface area contributed by atoms with Crippen molar-refractivity contribution in [3.05, 3.63) is 27.1 Å². The Morgan fingerprint density at radius 1 is 1.33 bits per heavy atom. The molecule has 0 radical (unpaired) electrons. The number of fused-ring (bicyclic) bond motifs is 3. The Hall–Kier alpha value is -1.73. The first-order valence-corrected chi connectivity index (χ1v) is 9.49. The maximum Gasteiger partial charge on any atom is 0.262 e. The number of thiophene rings is 1. The third-order valence-corrected chi connectivity index (χ3v) is 5.60. The molecule has 0 fully saturated rings. The number of amides is 1. The molecular weight excluding hydrogens is 324 g/mol. The Bertz CT molecular complexity index is 781. The van der Waals surface area contributed by atoms with E-state index in [9.17, 15) is 9.59 Å². The van der Waals surface area contributed by atoms with E-state index in [-0.39, 0.29) is 11.5 Å². The lowest BCUT2D eigenvalue weighted by Gasteiger charge is -2.10. The van der Waals surface area contributed by atoms with Gasteiger partial charge in [-0.15, -0.1) is 11.3 Å². The third kappa shape index (κ3) is 3.67. The van der Waals surface area contributed by atoms with Gasteiger partial charge < -0.3 is 10.6 Å². The molecule has 0 aliphatic heterocycles. The molecule has 0 unspecified atom stereocenters. The summed E-state index contributed by atoms with van der Waals surface area (Å²) < 4.78 is 1.58. The van der Waals surface area contributed by atoms with Crippen molar-refractivity contribution in [2.45, 2.75) is 45.6 Å². The number of hydrogen-bond acceptors (Lipinski definition) is 5. The van der Waals surface area contributed by atoms with E-state index in [1.807, 2.05) is 6.92 Å². The number of carbonyl (C=O) groups excluding carboxylic acids is 1. The van der Waals surface area contributed by atoms with Crippen LogP contribution in [0.15, 0.2) is 11.1 Å². The van der Waals surface area contributed by atoms with Crippen molar-refractivity contribution < 1.29 is 4.79 Å². The Labute approximate surface area is 145 Å². The predicted octanol–water partition coefficient (Wildman–Crippen LogP) is 1.45. The number of likely N-dealkylation sites (N-methyl/N-ethyl adjacent to an activating group) is 1. The smallest absolute Gasteiger partial charge is 0.262 e. The monoisotopic (exact) mass is 348 g/mol. The lowest BCUT2D eigenvalue weighted by Crippen LogP contribution is -2.33. The van der Waals surface area contributed by atoms with Crippen LogP contribution in [-0.2, 0) is 24.2 Å². The van der Waals surface area contributed by atoms with E-state index in [2.05, 4.69) is 15.6 Å². The zero-order chi connectivity index (χ0) is 16.9. The molecule has 2 heterocycles. The Morgan fingerprint density at radius 3 is 3.00 bits per heavy atom. The second-order valence-corrected chi connectivity index (χ2v) is 7.17. The summed E-state index contributed by atoms with van der Waals surface area (Å²) in [7, 11) is 0. The van der Waals surface area contributed by atoms with Gasteiger partial charge in [-0.2, -0.15) is 0 Å². The van der Waals surface area contributed by atoms with E-state index in [0.717, 1.165) is 42.6 Å². The summed E-state index contributed by atoms with van der Waals surface area (Å²) in [6.07, 6.45) is 6.25. The lowest BCUT2D eigenvalue weighted by atomic mass is 9.97. The quantitative estimate of drug-likeness (QED) is 0.743. The minimum atomic E-state index is -0.0350. The average Bonchev–Trinajstić information content (AvgIpc) is 2.97. The van der Waals surface area contributed by atoms with Crippen LogP contribution in [0.2, 0.25) is 0 Å². The first-order chi connectivity index (χ1) is 11.7. The van der Waals surface area contributed by atoms with E-state index in [1.54, 1.807) is 22.2 Å². The fraction of sp³-hybridized carbons (Fsp3) is 0.588. The molecule has 0 spiro atoms. The standard InChI is InChI=1S/C17H24N4O2S/c1-2-18-8-9-19-14(22)7-10-21-11-20-16-15(17(21)23)12-5-3-4-6-13(12)24-16/h11,18H,2-10H2,1H3,(H,19,22). The van der Waals surface area contributed by atoms with Gasteiger partial charge in [0.1, 0.15) is 4.83 Å². The predicted molar refractivity (Wildman–Crippen MR) is 96.7 cm³/mol. The number of nitrogens with one attached hydrogen (secondary N) is 2. The summed E-state index contributed by atoms with van der Waals surface area (Å²) in [6, 6.07) is 0. The Kier molecular flexibility index (Phi) is 5.63. The fourth-order valence-corrected chi connectivity index (χ4v) is 4.34. The highest BCUT2D eigenvalue weighted by atomic mass is 32.1. The van der Waals surface area contributed by atoms with Gasteiger partial charge in [0.15, 0.2) is 0 Å². The van der Waals surface area contributed by atoms with Crippen molar-refractivity contribution in [3.63, 3.8) is 0 Å². The molecule has 2 aromatic rings. The largest absolute Gasteiger partial charge is 0.355 e. The SMILES string of the molecule is CCNCCNC(=O)CCn1cnc2sc3c(c2c1=O)CCCC3. The zero-order valence-electron chi connectivity index (χ0n) is 14.1. The molecule has 0 atom stereocenters. The number of rotatable bonds is 7. The maximum absolute atomic E-state index is 12.8. The average molecular weight is 348 g/mol. The summed E-state index contributed by atoms with van der Waals surface area (Å²) in [5, 5.41) is 6.79. The van der Waals surface area contributed by atoms with Crippen molar-refractivity contribution in [1.29, 1.82) is 0 Å². The molecule has 1 aliphatic rings. The van der Waals surface area contributed by atoms with Crippen LogP contribution in [0, 0.1) is 0 Å². The van der Waals surface area contributed by atoms with Crippen molar-refractivity contribution in [1.82, 2.24) is 20.2 Å².